The Morgan fingerprint density at radius 2 is 2.00 bits per heavy atom. The van der Waals surface area contributed by atoms with E-state index in [0.717, 1.165) is 5.56 Å². The SMILES string of the molecule is CN1C[C@H](C(=O)O)[C@H](c2ccc(F)cc2)C1. The van der Waals surface area contributed by atoms with Crippen molar-refractivity contribution in [3.8, 4) is 0 Å². The molecule has 4 heteroatoms. The van der Waals surface area contributed by atoms with Crippen molar-refractivity contribution < 1.29 is 14.3 Å². The number of rotatable bonds is 2. The van der Waals surface area contributed by atoms with E-state index < -0.39 is 11.9 Å². The fraction of sp³-hybridized carbons (Fsp3) is 0.417. The van der Waals surface area contributed by atoms with Gasteiger partial charge in [-0.2, -0.15) is 0 Å². The number of hydrogen-bond donors (Lipinski definition) is 1. The molecule has 0 bridgehead atoms. The minimum absolute atomic E-state index is 0.0388. The quantitative estimate of drug-likeness (QED) is 0.827. The third-order valence-corrected chi connectivity index (χ3v) is 3.12. The summed E-state index contributed by atoms with van der Waals surface area (Å²) in [6.07, 6.45) is 0. The van der Waals surface area contributed by atoms with Gasteiger partial charge in [0.25, 0.3) is 0 Å². The molecule has 0 spiro atoms. The zero-order chi connectivity index (χ0) is 11.7. The predicted octanol–water partition coefficient (Wildman–Crippen LogP) is 1.56. The van der Waals surface area contributed by atoms with Crippen LogP contribution in [-0.4, -0.2) is 36.1 Å². The number of hydrogen-bond acceptors (Lipinski definition) is 2. The number of halogens is 1. The number of carbonyl (C=O) groups is 1. The standard InChI is InChI=1S/C12H14FNO2/c1-14-6-10(11(7-14)12(15)16)8-2-4-9(13)5-3-8/h2-5,10-11H,6-7H2,1H3,(H,15,16)/t10-,11-/m0/s1. The van der Waals surface area contributed by atoms with Crippen LogP contribution in [0.4, 0.5) is 4.39 Å². The molecule has 1 fully saturated rings. The number of likely N-dealkylation sites (tertiary alicyclic amines) is 1. The van der Waals surface area contributed by atoms with Gasteiger partial charge < -0.3 is 10.0 Å². The van der Waals surface area contributed by atoms with Crippen LogP contribution in [0.1, 0.15) is 11.5 Å². The van der Waals surface area contributed by atoms with E-state index in [9.17, 15) is 9.18 Å². The van der Waals surface area contributed by atoms with E-state index in [4.69, 9.17) is 5.11 Å². The topological polar surface area (TPSA) is 40.5 Å². The summed E-state index contributed by atoms with van der Waals surface area (Å²) < 4.78 is 12.8. The Hall–Kier alpha value is -1.42. The maximum absolute atomic E-state index is 12.8. The third-order valence-electron chi connectivity index (χ3n) is 3.12. The number of likely N-dealkylation sites (N-methyl/N-ethyl adjacent to an activating group) is 1. The fourth-order valence-corrected chi connectivity index (χ4v) is 2.30. The maximum Gasteiger partial charge on any atom is 0.308 e. The minimum atomic E-state index is -0.779. The molecule has 1 aliphatic rings. The molecule has 1 aliphatic heterocycles. The Kier molecular flexibility index (Phi) is 2.92. The van der Waals surface area contributed by atoms with Gasteiger partial charge in [-0.05, 0) is 24.7 Å². The van der Waals surface area contributed by atoms with Gasteiger partial charge >= 0.3 is 5.97 Å². The summed E-state index contributed by atoms with van der Waals surface area (Å²) in [6.45, 7) is 1.26. The summed E-state index contributed by atoms with van der Waals surface area (Å²) in [6, 6.07) is 6.11. The number of carboxylic acid groups (broad SMARTS) is 1. The zero-order valence-electron chi connectivity index (χ0n) is 9.06. The molecule has 0 unspecified atom stereocenters. The Labute approximate surface area is 93.5 Å². The number of carboxylic acids is 1. The second kappa shape index (κ2) is 4.22. The normalized spacial score (nSPS) is 25.9. The largest absolute Gasteiger partial charge is 0.481 e. The summed E-state index contributed by atoms with van der Waals surface area (Å²) in [7, 11) is 1.90. The van der Waals surface area contributed by atoms with Crippen LogP contribution in [0.2, 0.25) is 0 Å². The van der Waals surface area contributed by atoms with Crippen molar-refractivity contribution in [2.75, 3.05) is 20.1 Å². The molecule has 0 radical (unpaired) electrons. The van der Waals surface area contributed by atoms with Gasteiger partial charge in [0.15, 0.2) is 0 Å². The first-order valence-corrected chi connectivity index (χ1v) is 5.24. The Balaban J connectivity index is 2.25. The fourth-order valence-electron chi connectivity index (χ4n) is 2.30. The second-order valence-corrected chi connectivity index (χ2v) is 4.32. The molecule has 1 N–H and O–H groups in total. The highest BCUT2D eigenvalue weighted by molar-refractivity contribution is 5.72. The van der Waals surface area contributed by atoms with Crippen molar-refractivity contribution in [1.82, 2.24) is 4.90 Å². The number of aliphatic carboxylic acids is 1. The van der Waals surface area contributed by atoms with Crippen LogP contribution < -0.4 is 0 Å². The first-order chi connectivity index (χ1) is 7.58. The monoisotopic (exact) mass is 223 g/mol. The van der Waals surface area contributed by atoms with Gasteiger partial charge in [0.05, 0.1) is 5.92 Å². The van der Waals surface area contributed by atoms with Crippen LogP contribution in [0.3, 0.4) is 0 Å². The Morgan fingerprint density at radius 1 is 1.38 bits per heavy atom. The molecular weight excluding hydrogens is 209 g/mol. The molecule has 1 saturated heterocycles. The van der Waals surface area contributed by atoms with E-state index in [2.05, 4.69) is 0 Å². The van der Waals surface area contributed by atoms with Crippen LogP contribution in [0.25, 0.3) is 0 Å². The lowest BCUT2D eigenvalue weighted by Gasteiger charge is -2.14. The van der Waals surface area contributed by atoms with Crippen LogP contribution in [0, 0.1) is 11.7 Å². The predicted molar refractivity (Wildman–Crippen MR) is 57.8 cm³/mol. The lowest BCUT2D eigenvalue weighted by molar-refractivity contribution is -0.141. The molecule has 0 aliphatic carbocycles. The summed E-state index contributed by atoms with van der Waals surface area (Å²) in [4.78, 5) is 13.1. The molecule has 0 saturated carbocycles. The van der Waals surface area contributed by atoms with Gasteiger partial charge in [-0.3, -0.25) is 4.79 Å². The smallest absolute Gasteiger partial charge is 0.308 e. The first-order valence-electron chi connectivity index (χ1n) is 5.24. The van der Waals surface area contributed by atoms with E-state index in [1.807, 2.05) is 11.9 Å². The summed E-state index contributed by atoms with van der Waals surface area (Å²) in [5.74, 6) is -1.50. The van der Waals surface area contributed by atoms with Crippen molar-refractivity contribution in [1.29, 1.82) is 0 Å². The van der Waals surface area contributed by atoms with E-state index in [1.54, 1.807) is 12.1 Å². The zero-order valence-corrected chi connectivity index (χ0v) is 9.06. The molecule has 1 aromatic carbocycles. The summed E-state index contributed by atoms with van der Waals surface area (Å²) in [5.41, 5.74) is 0.901. The summed E-state index contributed by atoms with van der Waals surface area (Å²) in [5, 5.41) is 9.12. The number of nitrogens with zero attached hydrogens (tertiary/aromatic N) is 1. The highest BCUT2D eigenvalue weighted by Crippen LogP contribution is 2.32. The van der Waals surface area contributed by atoms with Gasteiger partial charge in [-0.25, -0.2) is 4.39 Å². The molecule has 16 heavy (non-hydrogen) atoms. The second-order valence-electron chi connectivity index (χ2n) is 4.32. The van der Waals surface area contributed by atoms with E-state index in [-0.39, 0.29) is 11.7 Å². The average molecular weight is 223 g/mol. The van der Waals surface area contributed by atoms with Crippen molar-refractivity contribution in [3.63, 3.8) is 0 Å². The molecule has 1 heterocycles. The maximum atomic E-state index is 12.8. The van der Waals surface area contributed by atoms with Crippen molar-refractivity contribution in [2.24, 2.45) is 5.92 Å². The highest BCUT2D eigenvalue weighted by atomic mass is 19.1. The lowest BCUT2D eigenvalue weighted by Crippen LogP contribution is -2.21. The molecular formula is C12H14FNO2. The average Bonchev–Trinajstić information content (AvgIpc) is 2.61. The minimum Gasteiger partial charge on any atom is -0.481 e. The van der Waals surface area contributed by atoms with Crippen LogP contribution in [0.15, 0.2) is 24.3 Å². The molecule has 3 nitrogen and oxygen atoms in total. The Morgan fingerprint density at radius 3 is 2.56 bits per heavy atom. The van der Waals surface area contributed by atoms with E-state index >= 15 is 0 Å². The molecule has 2 atom stereocenters. The molecule has 0 aromatic heterocycles. The van der Waals surface area contributed by atoms with Gasteiger partial charge in [0.2, 0.25) is 0 Å². The third kappa shape index (κ3) is 2.07. The van der Waals surface area contributed by atoms with Crippen molar-refractivity contribution in [3.05, 3.63) is 35.6 Å². The van der Waals surface area contributed by atoms with Crippen molar-refractivity contribution in [2.45, 2.75) is 5.92 Å². The van der Waals surface area contributed by atoms with Gasteiger partial charge in [0, 0.05) is 19.0 Å². The molecule has 86 valence electrons. The summed E-state index contributed by atoms with van der Waals surface area (Å²) >= 11 is 0. The lowest BCUT2D eigenvalue weighted by atomic mass is 9.89. The van der Waals surface area contributed by atoms with Gasteiger partial charge in [-0.15, -0.1) is 0 Å². The van der Waals surface area contributed by atoms with Gasteiger partial charge in [0.1, 0.15) is 5.82 Å². The van der Waals surface area contributed by atoms with Gasteiger partial charge in [-0.1, -0.05) is 12.1 Å². The van der Waals surface area contributed by atoms with Crippen LogP contribution in [-0.2, 0) is 4.79 Å². The van der Waals surface area contributed by atoms with E-state index in [0.29, 0.717) is 13.1 Å². The van der Waals surface area contributed by atoms with E-state index in [1.165, 1.54) is 12.1 Å². The Bertz CT molecular complexity index is 391. The van der Waals surface area contributed by atoms with Crippen molar-refractivity contribution >= 4 is 5.97 Å². The van der Waals surface area contributed by atoms with Crippen LogP contribution in [0.5, 0.6) is 0 Å². The molecule has 2 rings (SSSR count). The van der Waals surface area contributed by atoms with Crippen LogP contribution >= 0.6 is 0 Å². The first kappa shape index (κ1) is 11.1. The highest BCUT2D eigenvalue weighted by Gasteiger charge is 2.36. The number of benzene rings is 1. The molecule has 1 aromatic rings. The molecule has 0 amide bonds.